The van der Waals surface area contributed by atoms with Gasteiger partial charge in [0.25, 0.3) is 0 Å². The van der Waals surface area contributed by atoms with Crippen molar-refractivity contribution in [3.63, 3.8) is 0 Å². The molecule has 1 atom stereocenters. The number of aliphatic carboxylic acids is 1. The first-order valence-corrected chi connectivity index (χ1v) is 6.39. The number of hydrogen-bond acceptors (Lipinski definition) is 5. The van der Waals surface area contributed by atoms with Crippen molar-refractivity contribution in [3.05, 3.63) is 11.9 Å². The highest BCUT2D eigenvalue weighted by Gasteiger charge is 2.21. The second-order valence-electron chi connectivity index (χ2n) is 4.64. The smallest absolute Gasteiger partial charge is 0.308 e. The van der Waals surface area contributed by atoms with E-state index in [1.54, 1.807) is 13.0 Å². The molecule has 1 rings (SSSR count). The highest BCUT2D eigenvalue weighted by molar-refractivity contribution is 5.71. The Hall–Kier alpha value is -1.85. The molecule has 0 aromatic carbocycles. The van der Waals surface area contributed by atoms with Crippen molar-refractivity contribution in [2.75, 3.05) is 18.5 Å². The molecule has 1 heterocycles. The molecule has 106 valence electrons. The van der Waals surface area contributed by atoms with Gasteiger partial charge < -0.3 is 15.2 Å². The van der Waals surface area contributed by atoms with E-state index in [1.807, 2.05) is 20.8 Å². The second-order valence-corrected chi connectivity index (χ2v) is 4.64. The zero-order valence-corrected chi connectivity index (χ0v) is 11.8. The van der Waals surface area contributed by atoms with Crippen LogP contribution < -0.4 is 10.1 Å². The SMILES string of the molecule is CCOc1cc(NCC(C(=O)O)C(C)C)nc(C)n1. The number of aryl methyl sites for hydroxylation is 1. The zero-order valence-electron chi connectivity index (χ0n) is 11.8. The first-order valence-electron chi connectivity index (χ1n) is 6.39. The van der Waals surface area contributed by atoms with Crippen molar-refractivity contribution in [3.8, 4) is 5.88 Å². The van der Waals surface area contributed by atoms with Gasteiger partial charge in [0.2, 0.25) is 5.88 Å². The van der Waals surface area contributed by atoms with Gasteiger partial charge in [0.1, 0.15) is 11.6 Å². The molecule has 0 amide bonds. The maximum absolute atomic E-state index is 11.1. The Balaban J connectivity index is 2.73. The lowest BCUT2D eigenvalue weighted by Crippen LogP contribution is -2.27. The third-order valence-corrected chi connectivity index (χ3v) is 2.73. The number of hydrogen-bond donors (Lipinski definition) is 2. The van der Waals surface area contributed by atoms with E-state index in [-0.39, 0.29) is 5.92 Å². The van der Waals surface area contributed by atoms with Gasteiger partial charge in [0, 0.05) is 12.6 Å². The summed E-state index contributed by atoms with van der Waals surface area (Å²) in [7, 11) is 0. The summed E-state index contributed by atoms with van der Waals surface area (Å²) in [5.41, 5.74) is 0. The summed E-state index contributed by atoms with van der Waals surface area (Å²) in [6, 6.07) is 1.68. The number of anilines is 1. The highest BCUT2D eigenvalue weighted by atomic mass is 16.5. The highest BCUT2D eigenvalue weighted by Crippen LogP contribution is 2.16. The summed E-state index contributed by atoms with van der Waals surface area (Å²) in [6.07, 6.45) is 0. The van der Waals surface area contributed by atoms with E-state index < -0.39 is 11.9 Å². The predicted octanol–water partition coefficient (Wildman–Crippen LogP) is 1.95. The molecule has 0 aliphatic carbocycles. The van der Waals surface area contributed by atoms with Gasteiger partial charge in [-0.15, -0.1) is 0 Å². The normalized spacial score (nSPS) is 12.3. The van der Waals surface area contributed by atoms with Crippen LogP contribution in [0.5, 0.6) is 5.88 Å². The predicted molar refractivity (Wildman–Crippen MR) is 72.4 cm³/mol. The number of nitrogens with one attached hydrogen (secondary N) is 1. The molecular weight excluding hydrogens is 246 g/mol. The molecule has 0 saturated heterocycles. The number of carboxylic acid groups (broad SMARTS) is 1. The molecule has 0 saturated carbocycles. The van der Waals surface area contributed by atoms with Crippen LogP contribution in [0.25, 0.3) is 0 Å². The van der Waals surface area contributed by atoms with Crippen LogP contribution in [0.1, 0.15) is 26.6 Å². The quantitative estimate of drug-likeness (QED) is 0.785. The lowest BCUT2D eigenvalue weighted by atomic mass is 9.96. The monoisotopic (exact) mass is 267 g/mol. The van der Waals surface area contributed by atoms with Gasteiger partial charge in [0.15, 0.2) is 0 Å². The first-order chi connectivity index (χ1) is 8.93. The van der Waals surface area contributed by atoms with Gasteiger partial charge in [-0.3, -0.25) is 4.79 Å². The van der Waals surface area contributed by atoms with Gasteiger partial charge in [-0.05, 0) is 19.8 Å². The second kappa shape index (κ2) is 6.92. The fourth-order valence-electron chi connectivity index (χ4n) is 1.68. The van der Waals surface area contributed by atoms with Gasteiger partial charge >= 0.3 is 5.97 Å². The van der Waals surface area contributed by atoms with Crippen molar-refractivity contribution in [1.82, 2.24) is 9.97 Å². The molecule has 0 spiro atoms. The summed E-state index contributed by atoms with van der Waals surface area (Å²) in [4.78, 5) is 19.4. The summed E-state index contributed by atoms with van der Waals surface area (Å²) >= 11 is 0. The average Bonchev–Trinajstić information content (AvgIpc) is 2.27. The largest absolute Gasteiger partial charge is 0.481 e. The lowest BCUT2D eigenvalue weighted by molar-refractivity contribution is -0.142. The number of ether oxygens (including phenoxy) is 1. The Morgan fingerprint density at radius 3 is 2.68 bits per heavy atom. The number of rotatable bonds is 7. The minimum Gasteiger partial charge on any atom is -0.481 e. The average molecular weight is 267 g/mol. The molecule has 0 aliphatic rings. The first kappa shape index (κ1) is 15.2. The van der Waals surface area contributed by atoms with Gasteiger partial charge in [-0.25, -0.2) is 4.98 Å². The van der Waals surface area contributed by atoms with Crippen LogP contribution in [0.4, 0.5) is 5.82 Å². The minimum atomic E-state index is -0.807. The van der Waals surface area contributed by atoms with Gasteiger partial charge in [-0.1, -0.05) is 13.8 Å². The van der Waals surface area contributed by atoms with E-state index in [0.717, 1.165) is 0 Å². The van der Waals surface area contributed by atoms with Crippen molar-refractivity contribution in [1.29, 1.82) is 0 Å². The summed E-state index contributed by atoms with van der Waals surface area (Å²) < 4.78 is 5.32. The standard InChI is InChI=1S/C13H21N3O3/c1-5-19-12-6-11(15-9(4)16-12)14-7-10(8(2)3)13(17)18/h6,8,10H,5,7H2,1-4H3,(H,17,18)(H,14,15,16). The minimum absolute atomic E-state index is 0.0549. The van der Waals surface area contributed by atoms with Crippen LogP contribution in [-0.4, -0.2) is 34.2 Å². The molecule has 0 bridgehead atoms. The van der Waals surface area contributed by atoms with Crippen molar-refractivity contribution >= 4 is 11.8 Å². The third-order valence-electron chi connectivity index (χ3n) is 2.73. The number of aromatic nitrogens is 2. The Morgan fingerprint density at radius 1 is 1.47 bits per heavy atom. The topological polar surface area (TPSA) is 84.3 Å². The Bertz CT molecular complexity index is 435. The number of carbonyl (C=O) groups is 1. The summed E-state index contributed by atoms with van der Waals surface area (Å²) in [6.45, 7) is 8.28. The van der Waals surface area contributed by atoms with Crippen molar-refractivity contribution < 1.29 is 14.6 Å². The Morgan fingerprint density at radius 2 is 2.16 bits per heavy atom. The Labute approximate surface area is 113 Å². The summed E-state index contributed by atoms with van der Waals surface area (Å²) in [5, 5.41) is 12.2. The van der Waals surface area contributed by atoms with E-state index in [1.165, 1.54) is 0 Å². The molecule has 6 nitrogen and oxygen atoms in total. The van der Waals surface area contributed by atoms with Crippen LogP contribution in [0.3, 0.4) is 0 Å². The van der Waals surface area contributed by atoms with E-state index in [9.17, 15) is 4.79 Å². The van der Waals surface area contributed by atoms with Crippen molar-refractivity contribution in [2.45, 2.75) is 27.7 Å². The molecule has 0 aliphatic heterocycles. The molecule has 6 heteroatoms. The van der Waals surface area contributed by atoms with Crippen LogP contribution in [0.2, 0.25) is 0 Å². The molecule has 0 fully saturated rings. The molecule has 0 radical (unpaired) electrons. The van der Waals surface area contributed by atoms with Gasteiger partial charge in [-0.2, -0.15) is 4.98 Å². The Kier molecular flexibility index (Phi) is 5.54. The molecular formula is C13H21N3O3. The summed E-state index contributed by atoms with van der Waals surface area (Å²) in [5.74, 6) is 0.463. The van der Waals surface area contributed by atoms with E-state index in [4.69, 9.17) is 9.84 Å². The number of nitrogens with zero attached hydrogens (tertiary/aromatic N) is 2. The number of carboxylic acids is 1. The van der Waals surface area contributed by atoms with Crippen LogP contribution in [0.15, 0.2) is 6.07 Å². The molecule has 1 aromatic heterocycles. The lowest BCUT2D eigenvalue weighted by Gasteiger charge is -2.17. The zero-order chi connectivity index (χ0) is 14.4. The van der Waals surface area contributed by atoms with Crippen LogP contribution in [-0.2, 0) is 4.79 Å². The van der Waals surface area contributed by atoms with Gasteiger partial charge in [0.05, 0.1) is 12.5 Å². The molecule has 1 unspecified atom stereocenters. The van der Waals surface area contributed by atoms with Crippen LogP contribution in [0, 0.1) is 18.8 Å². The molecule has 2 N–H and O–H groups in total. The maximum Gasteiger partial charge on any atom is 0.308 e. The van der Waals surface area contributed by atoms with Crippen LogP contribution >= 0.6 is 0 Å². The third kappa shape index (κ3) is 4.73. The molecule has 1 aromatic rings. The fourth-order valence-corrected chi connectivity index (χ4v) is 1.68. The van der Waals surface area contributed by atoms with E-state index in [2.05, 4.69) is 15.3 Å². The maximum atomic E-state index is 11.1. The van der Waals surface area contributed by atoms with E-state index >= 15 is 0 Å². The molecule has 19 heavy (non-hydrogen) atoms. The van der Waals surface area contributed by atoms with E-state index in [0.29, 0.717) is 30.7 Å². The van der Waals surface area contributed by atoms with Crippen molar-refractivity contribution in [2.24, 2.45) is 11.8 Å². The fraction of sp³-hybridized carbons (Fsp3) is 0.615.